The summed E-state index contributed by atoms with van der Waals surface area (Å²) in [4.78, 5) is 12.0. The number of benzene rings is 1. The topological polar surface area (TPSA) is 66.5 Å². The largest absolute Gasteiger partial charge is 0.355 e. The van der Waals surface area contributed by atoms with Crippen LogP contribution < -0.4 is 5.32 Å². The van der Waals surface area contributed by atoms with Gasteiger partial charge in [-0.2, -0.15) is 4.31 Å². The molecule has 0 fully saturated rings. The van der Waals surface area contributed by atoms with E-state index < -0.39 is 16.1 Å². The molecule has 0 aromatic heterocycles. The van der Waals surface area contributed by atoms with Crippen LogP contribution in [-0.4, -0.2) is 38.5 Å². The third-order valence-corrected chi connectivity index (χ3v) is 3.86. The summed E-state index contributed by atoms with van der Waals surface area (Å²) in [5.41, 5.74) is 0.649. The molecule has 0 spiro atoms. The van der Waals surface area contributed by atoms with Crippen LogP contribution in [0.2, 0.25) is 0 Å². The zero-order chi connectivity index (χ0) is 13.8. The third-order valence-electron chi connectivity index (χ3n) is 2.60. The summed E-state index contributed by atoms with van der Waals surface area (Å²) in [5.74, 6) is -0.323. The van der Waals surface area contributed by atoms with Crippen molar-refractivity contribution in [2.45, 2.75) is 13.0 Å². The lowest BCUT2D eigenvalue weighted by Gasteiger charge is -2.25. The molecule has 6 heteroatoms. The highest BCUT2D eigenvalue weighted by Gasteiger charge is 2.30. The summed E-state index contributed by atoms with van der Waals surface area (Å²) in [5, 5.41) is 2.65. The SMILES string of the molecule is CCNC(=O)[C@@H](c1ccccc1)N(C)S(C)(=O)=O. The highest BCUT2D eigenvalue weighted by Crippen LogP contribution is 2.21. The van der Waals surface area contributed by atoms with Crippen LogP contribution in [0.4, 0.5) is 0 Å². The molecule has 0 bridgehead atoms. The minimum absolute atomic E-state index is 0.323. The summed E-state index contributed by atoms with van der Waals surface area (Å²) in [6.07, 6.45) is 1.09. The first kappa shape index (κ1) is 14.7. The van der Waals surface area contributed by atoms with Gasteiger partial charge in [-0.05, 0) is 12.5 Å². The summed E-state index contributed by atoms with van der Waals surface area (Å²) >= 11 is 0. The van der Waals surface area contributed by atoms with Gasteiger partial charge in [-0.15, -0.1) is 0 Å². The van der Waals surface area contributed by atoms with E-state index in [4.69, 9.17) is 0 Å². The van der Waals surface area contributed by atoms with E-state index in [1.54, 1.807) is 31.2 Å². The van der Waals surface area contributed by atoms with Crippen molar-refractivity contribution in [2.75, 3.05) is 19.8 Å². The van der Waals surface area contributed by atoms with Crippen molar-refractivity contribution in [1.29, 1.82) is 0 Å². The van der Waals surface area contributed by atoms with E-state index in [0.717, 1.165) is 10.6 Å². The van der Waals surface area contributed by atoms with Crippen LogP contribution in [0.25, 0.3) is 0 Å². The van der Waals surface area contributed by atoms with Crippen LogP contribution >= 0.6 is 0 Å². The van der Waals surface area contributed by atoms with E-state index in [0.29, 0.717) is 12.1 Å². The Kier molecular flexibility index (Phi) is 4.86. The van der Waals surface area contributed by atoms with Gasteiger partial charge in [0.25, 0.3) is 0 Å². The molecular weight excluding hydrogens is 252 g/mol. The zero-order valence-corrected chi connectivity index (χ0v) is 11.6. The average Bonchev–Trinajstić information content (AvgIpc) is 2.29. The minimum atomic E-state index is -3.44. The van der Waals surface area contributed by atoms with Crippen LogP contribution in [0.1, 0.15) is 18.5 Å². The number of carbonyl (C=O) groups is 1. The smallest absolute Gasteiger partial charge is 0.242 e. The summed E-state index contributed by atoms with van der Waals surface area (Å²) in [6, 6.07) is 8.01. The number of sulfonamides is 1. The second kappa shape index (κ2) is 5.97. The molecule has 0 saturated carbocycles. The molecule has 100 valence electrons. The molecule has 1 aromatic carbocycles. The zero-order valence-electron chi connectivity index (χ0n) is 10.8. The van der Waals surface area contributed by atoms with Gasteiger partial charge in [0.05, 0.1) is 6.26 Å². The van der Waals surface area contributed by atoms with Crippen molar-refractivity contribution in [2.24, 2.45) is 0 Å². The molecule has 1 amide bonds. The predicted octanol–water partition coefficient (Wildman–Crippen LogP) is 0.755. The van der Waals surface area contributed by atoms with Gasteiger partial charge >= 0.3 is 0 Å². The molecule has 1 rings (SSSR count). The van der Waals surface area contributed by atoms with E-state index in [2.05, 4.69) is 5.32 Å². The summed E-state index contributed by atoms with van der Waals surface area (Å²) in [7, 11) is -2.04. The van der Waals surface area contributed by atoms with E-state index >= 15 is 0 Å². The van der Waals surface area contributed by atoms with Crippen LogP contribution in [0.3, 0.4) is 0 Å². The molecule has 1 aromatic rings. The third kappa shape index (κ3) is 3.54. The van der Waals surface area contributed by atoms with Gasteiger partial charge in [-0.25, -0.2) is 8.42 Å². The standard InChI is InChI=1S/C12H18N2O3S/c1-4-13-12(15)11(14(2)18(3,16)17)10-8-6-5-7-9-10/h5-9,11H,4H2,1-3H3,(H,13,15)/t11-/m1/s1. The van der Waals surface area contributed by atoms with Crippen LogP contribution in [0.5, 0.6) is 0 Å². The molecule has 0 heterocycles. The number of hydrogen-bond donors (Lipinski definition) is 1. The lowest BCUT2D eigenvalue weighted by atomic mass is 10.1. The van der Waals surface area contributed by atoms with Gasteiger partial charge < -0.3 is 5.32 Å². The van der Waals surface area contributed by atoms with Gasteiger partial charge in [0.15, 0.2) is 0 Å². The van der Waals surface area contributed by atoms with Crippen LogP contribution in [0.15, 0.2) is 30.3 Å². The Hall–Kier alpha value is -1.40. The van der Waals surface area contributed by atoms with Gasteiger partial charge in [0.2, 0.25) is 15.9 Å². The molecule has 1 N–H and O–H groups in total. The Balaban J connectivity index is 3.15. The predicted molar refractivity (Wildman–Crippen MR) is 70.5 cm³/mol. The molecule has 0 aliphatic heterocycles. The van der Waals surface area contributed by atoms with Crippen LogP contribution in [0, 0.1) is 0 Å². The van der Waals surface area contributed by atoms with Crippen molar-refractivity contribution in [3.8, 4) is 0 Å². The van der Waals surface area contributed by atoms with Crippen molar-refractivity contribution < 1.29 is 13.2 Å². The Labute approximate surface area is 108 Å². The van der Waals surface area contributed by atoms with Crippen molar-refractivity contribution in [1.82, 2.24) is 9.62 Å². The quantitative estimate of drug-likeness (QED) is 0.859. The van der Waals surface area contributed by atoms with E-state index in [9.17, 15) is 13.2 Å². The normalized spacial score (nSPS) is 13.3. The molecule has 0 radical (unpaired) electrons. The van der Waals surface area contributed by atoms with E-state index in [1.807, 2.05) is 6.07 Å². The maximum absolute atomic E-state index is 12.0. The number of carbonyl (C=O) groups excluding carboxylic acids is 1. The number of nitrogens with zero attached hydrogens (tertiary/aromatic N) is 1. The summed E-state index contributed by atoms with van der Waals surface area (Å²) < 4.78 is 24.3. The fourth-order valence-electron chi connectivity index (χ4n) is 1.62. The molecule has 0 aliphatic carbocycles. The second-order valence-corrected chi connectivity index (χ2v) is 6.03. The Morgan fingerprint density at radius 2 is 1.89 bits per heavy atom. The van der Waals surface area contributed by atoms with E-state index in [-0.39, 0.29) is 5.91 Å². The first-order chi connectivity index (χ1) is 8.38. The lowest BCUT2D eigenvalue weighted by Crippen LogP contribution is -2.41. The Bertz CT molecular complexity index is 499. The molecule has 0 saturated heterocycles. The summed E-state index contributed by atoms with van der Waals surface area (Å²) in [6.45, 7) is 2.25. The van der Waals surface area contributed by atoms with Crippen molar-refractivity contribution >= 4 is 15.9 Å². The number of likely N-dealkylation sites (N-methyl/N-ethyl adjacent to an activating group) is 2. The van der Waals surface area contributed by atoms with E-state index in [1.165, 1.54) is 7.05 Å². The van der Waals surface area contributed by atoms with Gasteiger partial charge in [0, 0.05) is 13.6 Å². The molecule has 5 nitrogen and oxygen atoms in total. The van der Waals surface area contributed by atoms with Crippen molar-refractivity contribution in [3.05, 3.63) is 35.9 Å². The minimum Gasteiger partial charge on any atom is -0.355 e. The number of rotatable bonds is 5. The average molecular weight is 270 g/mol. The lowest BCUT2D eigenvalue weighted by molar-refractivity contribution is -0.124. The monoisotopic (exact) mass is 270 g/mol. The number of hydrogen-bond acceptors (Lipinski definition) is 3. The maximum Gasteiger partial charge on any atom is 0.242 e. The maximum atomic E-state index is 12.0. The fraction of sp³-hybridized carbons (Fsp3) is 0.417. The Morgan fingerprint density at radius 3 is 2.33 bits per heavy atom. The van der Waals surface area contributed by atoms with Gasteiger partial charge in [-0.3, -0.25) is 4.79 Å². The molecule has 1 atom stereocenters. The Morgan fingerprint density at radius 1 is 1.33 bits per heavy atom. The van der Waals surface area contributed by atoms with Gasteiger partial charge in [-0.1, -0.05) is 30.3 Å². The highest BCUT2D eigenvalue weighted by molar-refractivity contribution is 7.88. The van der Waals surface area contributed by atoms with Crippen molar-refractivity contribution in [3.63, 3.8) is 0 Å². The van der Waals surface area contributed by atoms with Gasteiger partial charge in [0.1, 0.15) is 6.04 Å². The first-order valence-corrected chi connectivity index (χ1v) is 7.48. The highest BCUT2D eigenvalue weighted by atomic mass is 32.2. The first-order valence-electron chi connectivity index (χ1n) is 5.63. The van der Waals surface area contributed by atoms with Crippen LogP contribution in [-0.2, 0) is 14.8 Å². The number of amides is 1. The molecule has 0 aliphatic rings. The molecule has 0 unspecified atom stereocenters. The molecule has 18 heavy (non-hydrogen) atoms. The number of nitrogens with one attached hydrogen (secondary N) is 1. The fourth-order valence-corrected chi connectivity index (χ4v) is 2.22. The second-order valence-electron chi connectivity index (χ2n) is 3.99. The molecular formula is C12H18N2O3S.